The average Bonchev–Trinajstić information content (AvgIpc) is 3.20. The Bertz CT molecular complexity index is 1190. The van der Waals surface area contributed by atoms with Crippen LogP contribution in [-0.2, 0) is 6.42 Å². The molecule has 0 aliphatic carbocycles. The number of nitrogens with zero attached hydrogens (tertiary/aromatic N) is 2. The third-order valence-electron chi connectivity index (χ3n) is 4.96. The minimum atomic E-state index is -1.04. The Hall–Kier alpha value is -4.13. The van der Waals surface area contributed by atoms with Crippen LogP contribution in [0.1, 0.15) is 16.7 Å². The molecule has 0 aliphatic heterocycles. The number of pyridine rings is 2. The number of aromatic nitrogens is 3. The predicted octanol–water partition coefficient (Wildman–Crippen LogP) is 4.42. The smallest absolute Gasteiger partial charge is 0.404 e. The number of fused-ring (bicyclic) bond motifs is 1. The number of anilines is 1. The van der Waals surface area contributed by atoms with E-state index in [9.17, 15) is 9.90 Å². The quantitative estimate of drug-likeness (QED) is 0.342. The third kappa shape index (κ3) is 5.48. The molecule has 4 N–H and O–H groups in total. The number of para-hydroxylation sites is 1. The Kier molecular flexibility index (Phi) is 6.23. The lowest BCUT2D eigenvalue weighted by atomic mass is 10.0. The van der Waals surface area contributed by atoms with E-state index < -0.39 is 6.09 Å². The highest BCUT2D eigenvalue weighted by Gasteiger charge is 2.15. The molecule has 1 aromatic carbocycles. The molecule has 0 unspecified atom stereocenters. The number of carbonyl (C=O) groups is 1. The monoisotopic (exact) mass is 413 g/mol. The summed E-state index contributed by atoms with van der Waals surface area (Å²) in [4.78, 5) is 22.9. The zero-order valence-electron chi connectivity index (χ0n) is 16.8. The maximum atomic E-state index is 11.3. The molecule has 1 amide bonds. The number of carboxylic acid groups (broad SMARTS) is 1. The van der Waals surface area contributed by atoms with Crippen LogP contribution < -0.4 is 10.6 Å². The Morgan fingerprint density at radius 3 is 2.71 bits per heavy atom. The highest BCUT2D eigenvalue weighted by molar-refractivity contribution is 5.83. The van der Waals surface area contributed by atoms with Gasteiger partial charge in [0.2, 0.25) is 0 Å². The average molecular weight is 413 g/mol. The van der Waals surface area contributed by atoms with Crippen LogP contribution in [0.2, 0.25) is 0 Å². The molecule has 0 fully saturated rings. The first-order chi connectivity index (χ1) is 15.2. The molecular formula is C24H23N5O2. The molecule has 7 heteroatoms. The molecule has 0 radical (unpaired) electrons. The van der Waals surface area contributed by atoms with E-state index in [1.54, 1.807) is 24.8 Å². The van der Waals surface area contributed by atoms with Gasteiger partial charge >= 0.3 is 6.09 Å². The Balaban J connectivity index is 1.43. The molecule has 156 valence electrons. The first-order valence-corrected chi connectivity index (χ1v) is 9.99. The second-order valence-corrected chi connectivity index (χ2v) is 7.21. The van der Waals surface area contributed by atoms with E-state index in [1.807, 2.05) is 60.8 Å². The fourth-order valence-corrected chi connectivity index (χ4v) is 3.47. The fourth-order valence-electron chi connectivity index (χ4n) is 3.47. The van der Waals surface area contributed by atoms with E-state index in [-0.39, 0.29) is 6.04 Å². The van der Waals surface area contributed by atoms with E-state index in [4.69, 9.17) is 0 Å². The molecule has 0 saturated carbocycles. The van der Waals surface area contributed by atoms with Gasteiger partial charge < -0.3 is 20.7 Å². The normalized spacial score (nSPS) is 12.1. The second kappa shape index (κ2) is 9.58. The van der Waals surface area contributed by atoms with Crippen LogP contribution in [0, 0.1) is 0 Å². The number of hydrogen-bond donors (Lipinski definition) is 4. The van der Waals surface area contributed by atoms with Gasteiger partial charge in [0.15, 0.2) is 0 Å². The zero-order valence-corrected chi connectivity index (χ0v) is 16.8. The number of H-pyrrole nitrogens is 1. The van der Waals surface area contributed by atoms with Gasteiger partial charge in [-0.15, -0.1) is 0 Å². The number of benzene rings is 1. The van der Waals surface area contributed by atoms with Crippen molar-refractivity contribution >= 4 is 34.8 Å². The van der Waals surface area contributed by atoms with Crippen molar-refractivity contribution in [2.24, 2.45) is 0 Å². The van der Waals surface area contributed by atoms with Crippen molar-refractivity contribution in [1.82, 2.24) is 20.3 Å². The van der Waals surface area contributed by atoms with Crippen LogP contribution in [0.3, 0.4) is 0 Å². The lowest BCUT2D eigenvalue weighted by Gasteiger charge is -2.18. The Morgan fingerprint density at radius 1 is 1.06 bits per heavy atom. The molecule has 31 heavy (non-hydrogen) atoms. The van der Waals surface area contributed by atoms with Crippen molar-refractivity contribution < 1.29 is 9.90 Å². The van der Waals surface area contributed by atoms with Crippen LogP contribution in [-0.4, -0.2) is 38.7 Å². The molecule has 0 spiro atoms. The standard InChI is InChI=1S/C24H23N5O2/c30-24(31)29-21(12-19-14-28-23-4-2-1-3-22(19)23)16-27-20-11-18(13-26-15-20)6-5-17-7-9-25-10-8-17/h1-11,13-15,21,27-29H,12,16H2,(H,30,31)/t21-/m0/s1. The van der Waals surface area contributed by atoms with Crippen LogP contribution in [0.4, 0.5) is 10.5 Å². The van der Waals surface area contributed by atoms with E-state index in [2.05, 4.69) is 25.6 Å². The summed E-state index contributed by atoms with van der Waals surface area (Å²) in [6.07, 6.45) is 12.4. The summed E-state index contributed by atoms with van der Waals surface area (Å²) in [5.41, 5.74) is 4.94. The molecule has 0 aliphatic rings. The highest BCUT2D eigenvalue weighted by atomic mass is 16.4. The molecule has 3 heterocycles. The molecule has 1 atom stereocenters. The summed E-state index contributed by atoms with van der Waals surface area (Å²) in [6.45, 7) is 0.436. The topological polar surface area (TPSA) is 103 Å². The highest BCUT2D eigenvalue weighted by Crippen LogP contribution is 2.19. The first kappa shape index (κ1) is 20.2. The van der Waals surface area contributed by atoms with Crippen molar-refractivity contribution in [2.75, 3.05) is 11.9 Å². The number of nitrogens with one attached hydrogen (secondary N) is 3. The molecule has 4 aromatic rings. The van der Waals surface area contributed by atoms with Gasteiger partial charge in [-0.05, 0) is 47.4 Å². The molecule has 0 bridgehead atoms. The first-order valence-electron chi connectivity index (χ1n) is 9.99. The third-order valence-corrected chi connectivity index (χ3v) is 4.96. The maximum Gasteiger partial charge on any atom is 0.404 e. The van der Waals surface area contributed by atoms with Crippen molar-refractivity contribution in [1.29, 1.82) is 0 Å². The van der Waals surface area contributed by atoms with Gasteiger partial charge in [-0.1, -0.05) is 30.4 Å². The fraction of sp³-hybridized carbons (Fsp3) is 0.125. The summed E-state index contributed by atoms with van der Waals surface area (Å²) in [6, 6.07) is 13.5. The number of aromatic amines is 1. The maximum absolute atomic E-state index is 11.3. The van der Waals surface area contributed by atoms with Crippen molar-refractivity contribution in [3.05, 3.63) is 90.1 Å². The Labute approximate surface area is 179 Å². The van der Waals surface area contributed by atoms with E-state index in [0.717, 1.165) is 33.3 Å². The van der Waals surface area contributed by atoms with Gasteiger partial charge in [0.25, 0.3) is 0 Å². The summed E-state index contributed by atoms with van der Waals surface area (Å²) in [7, 11) is 0. The van der Waals surface area contributed by atoms with Gasteiger partial charge in [0.1, 0.15) is 0 Å². The van der Waals surface area contributed by atoms with Crippen molar-refractivity contribution in [3.8, 4) is 0 Å². The predicted molar refractivity (Wildman–Crippen MR) is 123 cm³/mol. The SMILES string of the molecule is O=C(O)N[C@H](CNc1cncc(C=Cc2ccncc2)c1)Cc1c[nH]c2ccccc12. The largest absolute Gasteiger partial charge is 0.465 e. The van der Waals surface area contributed by atoms with E-state index in [0.29, 0.717) is 13.0 Å². The van der Waals surface area contributed by atoms with Gasteiger partial charge in [0.05, 0.1) is 11.7 Å². The zero-order chi connectivity index (χ0) is 21.5. The Morgan fingerprint density at radius 2 is 1.87 bits per heavy atom. The summed E-state index contributed by atoms with van der Waals surface area (Å²) in [5.74, 6) is 0. The van der Waals surface area contributed by atoms with Crippen LogP contribution in [0.25, 0.3) is 23.1 Å². The summed E-state index contributed by atoms with van der Waals surface area (Å²) >= 11 is 0. The molecule has 3 aromatic heterocycles. The van der Waals surface area contributed by atoms with Crippen LogP contribution >= 0.6 is 0 Å². The van der Waals surface area contributed by atoms with Gasteiger partial charge in [-0.3, -0.25) is 9.97 Å². The van der Waals surface area contributed by atoms with Gasteiger partial charge in [-0.25, -0.2) is 4.79 Å². The van der Waals surface area contributed by atoms with Gasteiger partial charge in [0, 0.05) is 48.4 Å². The number of hydrogen-bond acceptors (Lipinski definition) is 4. The van der Waals surface area contributed by atoms with Gasteiger partial charge in [-0.2, -0.15) is 0 Å². The number of rotatable bonds is 8. The van der Waals surface area contributed by atoms with Crippen molar-refractivity contribution in [3.63, 3.8) is 0 Å². The summed E-state index contributed by atoms with van der Waals surface area (Å²) < 4.78 is 0. The molecule has 4 rings (SSSR count). The molecule has 0 saturated heterocycles. The minimum absolute atomic E-state index is 0.298. The lowest BCUT2D eigenvalue weighted by Crippen LogP contribution is -2.40. The van der Waals surface area contributed by atoms with E-state index >= 15 is 0 Å². The molecule has 7 nitrogen and oxygen atoms in total. The minimum Gasteiger partial charge on any atom is -0.465 e. The summed E-state index contributed by atoms with van der Waals surface area (Å²) in [5, 5.41) is 16.3. The lowest BCUT2D eigenvalue weighted by molar-refractivity contribution is 0.190. The van der Waals surface area contributed by atoms with Crippen LogP contribution in [0.5, 0.6) is 0 Å². The van der Waals surface area contributed by atoms with Crippen LogP contribution in [0.15, 0.2) is 73.4 Å². The molecular weight excluding hydrogens is 390 g/mol. The van der Waals surface area contributed by atoms with E-state index in [1.165, 1.54) is 0 Å². The number of amides is 1. The van der Waals surface area contributed by atoms with Crippen molar-refractivity contribution in [2.45, 2.75) is 12.5 Å². The second-order valence-electron chi connectivity index (χ2n) is 7.21.